The second kappa shape index (κ2) is 10.9. The zero-order valence-electron chi connectivity index (χ0n) is 19.1. The number of rotatable bonds is 8. The van der Waals surface area contributed by atoms with Gasteiger partial charge in [0.25, 0.3) is 0 Å². The van der Waals surface area contributed by atoms with Crippen LogP contribution in [0.4, 0.5) is 0 Å². The number of likely N-dealkylation sites (tertiary alicyclic amines) is 1. The van der Waals surface area contributed by atoms with Crippen molar-refractivity contribution in [2.75, 3.05) is 27.3 Å². The average molecular weight is 447 g/mol. The fourth-order valence-corrected chi connectivity index (χ4v) is 4.26. The quantitative estimate of drug-likeness (QED) is 0.570. The highest BCUT2D eigenvalue weighted by molar-refractivity contribution is 5.79. The zero-order valence-corrected chi connectivity index (χ0v) is 19.1. The molecular weight excluding hydrogens is 416 g/mol. The van der Waals surface area contributed by atoms with Crippen LogP contribution in [0, 0.1) is 5.92 Å². The van der Waals surface area contributed by atoms with E-state index in [9.17, 15) is 4.79 Å². The molecule has 7 nitrogen and oxygen atoms in total. The highest BCUT2D eigenvalue weighted by atomic mass is 16.5. The molecule has 172 valence electrons. The summed E-state index contributed by atoms with van der Waals surface area (Å²) in [5.74, 6) is 1.62. The molecule has 1 amide bonds. The number of amides is 1. The van der Waals surface area contributed by atoms with Crippen LogP contribution in [-0.2, 0) is 11.3 Å². The number of hydrogen-bond donors (Lipinski definition) is 1. The molecule has 0 radical (unpaired) electrons. The molecule has 2 aromatic carbocycles. The van der Waals surface area contributed by atoms with Gasteiger partial charge in [0.05, 0.1) is 32.2 Å². The first-order valence-electron chi connectivity index (χ1n) is 11.2. The number of ether oxygens (including phenoxy) is 2. The number of carbonyl (C=O) groups is 1. The third kappa shape index (κ3) is 5.87. The summed E-state index contributed by atoms with van der Waals surface area (Å²) >= 11 is 0. The number of piperidine rings is 1. The average Bonchev–Trinajstić information content (AvgIpc) is 2.88. The lowest BCUT2D eigenvalue weighted by Crippen LogP contribution is -2.41. The number of benzene rings is 2. The van der Waals surface area contributed by atoms with Crippen molar-refractivity contribution in [3.05, 3.63) is 83.9 Å². The number of methoxy groups -OCH3 is 2. The molecule has 0 spiro atoms. The molecule has 1 aromatic heterocycles. The summed E-state index contributed by atoms with van der Waals surface area (Å²) < 4.78 is 10.8. The van der Waals surface area contributed by atoms with Gasteiger partial charge in [0.2, 0.25) is 5.91 Å². The fourth-order valence-electron chi connectivity index (χ4n) is 4.26. The van der Waals surface area contributed by atoms with Gasteiger partial charge in [0, 0.05) is 30.9 Å². The Morgan fingerprint density at radius 1 is 1.06 bits per heavy atom. The van der Waals surface area contributed by atoms with Crippen molar-refractivity contribution in [1.29, 1.82) is 0 Å². The zero-order chi connectivity index (χ0) is 23.0. The molecule has 3 aromatic rings. The summed E-state index contributed by atoms with van der Waals surface area (Å²) in [4.78, 5) is 24.2. The van der Waals surface area contributed by atoms with E-state index >= 15 is 0 Å². The number of nitrogens with one attached hydrogen (secondary N) is 1. The van der Waals surface area contributed by atoms with Crippen molar-refractivity contribution in [3.8, 4) is 11.5 Å². The Balaban J connectivity index is 1.38. The van der Waals surface area contributed by atoms with Gasteiger partial charge in [0.1, 0.15) is 11.5 Å². The van der Waals surface area contributed by atoms with E-state index in [-0.39, 0.29) is 17.9 Å². The van der Waals surface area contributed by atoms with Gasteiger partial charge >= 0.3 is 0 Å². The Morgan fingerprint density at radius 2 is 1.76 bits per heavy atom. The van der Waals surface area contributed by atoms with Crippen LogP contribution < -0.4 is 14.8 Å². The van der Waals surface area contributed by atoms with Crippen molar-refractivity contribution < 1.29 is 14.3 Å². The van der Waals surface area contributed by atoms with E-state index in [1.165, 1.54) is 0 Å². The summed E-state index contributed by atoms with van der Waals surface area (Å²) in [6, 6.07) is 15.5. The Morgan fingerprint density at radius 3 is 2.36 bits per heavy atom. The van der Waals surface area contributed by atoms with Gasteiger partial charge in [-0.25, -0.2) is 0 Å². The molecule has 33 heavy (non-hydrogen) atoms. The lowest BCUT2D eigenvalue weighted by atomic mass is 9.94. The number of carbonyl (C=O) groups excluding carboxylic acids is 1. The largest absolute Gasteiger partial charge is 0.497 e. The molecule has 0 aliphatic carbocycles. The van der Waals surface area contributed by atoms with Crippen LogP contribution in [0.15, 0.2) is 67.1 Å². The number of aromatic nitrogens is 2. The maximum absolute atomic E-state index is 13.2. The van der Waals surface area contributed by atoms with Crippen LogP contribution in [0.3, 0.4) is 0 Å². The first kappa shape index (κ1) is 22.7. The molecular formula is C26H30N4O3. The molecule has 1 fully saturated rings. The van der Waals surface area contributed by atoms with Crippen LogP contribution in [0.5, 0.6) is 11.5 Å². The second-order valence-electron chi connectivity index (χ2n) is 8.25. The molecule has 0 bridgehead atoms. The van der Waals surface area contributed by atoms with Crippen LogP contribution in [-0.4, -0.2) is 48.1 Å². The van der Waals surface area contributed by atoms with Gasteiger partial charge in [-0.05, 0) is 49.2 Å². The van der Waals surface area contributed by atoms with Crippen molar-refractivity contribution in [2.45, 2.75) is 25.4 Å². The minimum absolute atomic E-state index is 0.0241. The molecule has 1 N–H and O–H groups in total. The van der Waals surface area contributed by atoms with E-state index in [4.69, 9.17) is 9.47 Å². The topological polar surface area (TPSA) is 76.6 Å². The van der Waals surface area contributed by atoms with E-state index in [0.717, 1.165) is 60.8 Å². The van der Waals surface area contributed by atoms with Crippen LogP contribution >= 0.6 is 0 Å². The van der Waals surface area contributed by atoms with E-state index in [2.05, 4.69) is 20.2 Å². The molecule has 1 aliphatic rings. The highest BCUT2D eigenvalue weighted by Crippen LogP contribution is 2.26. The minimum atomic E-state index is -0.310. The van der Waals surface area contributed by atoms with Gasteiger partial charge < -0.3 is 14.8 Å². The smallest absolute Gasteiger partial charge is 0.224 e. The van der Waals surface area contributed by atoms with Crippen molar-refractivity contribution in [1.82, 2.24) is 20.2 Å². The summed E-state index contributed by atoms with van der Waals surface area (Å²) in [7, 11) is 3.32. The Bertz CT molecular complexity index is 976. The lowest BCUT2D eigenvalue weighted by molar-refractivity contribution is -0.127. The van der Waals surface area contributed by atoms with Crippen LogP contribution in [0.2, 0.25) is 0 Å². The lowest BCUT2D eigenvalue weighted by Gasteiger charge is -2.32. The van der Waals surface area contributed by atoms with Crippen LogP contribution in [0.1, 0.15) is 35.7 Å². The minimum Gasteiger partial charge on any atom is -0.497 e. The molecule has 0 saturated carbocycles. The van der Waals surface area contributed by atoms with E-state index in [1.54, 1.807) is 32.8 Å². The van der Waals surface area contributed by atoms with Crippen molar-refractivity contribution in [2.24, 2.45) is 5.92 Å². The van der Waals surface area contributed by atoms with Crippen molar-refractivity contribution in [3.63, 3.8) is 0 Å². The maximum atomic E-state index is 13.2. The Kier molecular flexibility index (Phi) is 7.52. The fraction of sp³-hybridized carbons (Fsp3) is 0.346. The molecule has 1 aliphatic heterocycles. The van der Waals surface area contributed by atoms with Gasteiger partial charge in [-0.3, -0.25) is 19.7 Å². The third-order valence-corrected chi connectivity index (χ3v) is 6.07. The van der Waals surface area contributed by atoms with Gasteiger partial charge in [-0.15, -0.1) is 0 Å². The first-order chi connectivity index (χ1) is 16.2. The molecule has 7 heteroatoms. The summed E-state index contributed by atoms with van der Waals surface area (Å²) in [6.07, 6.45) is 6.64. The normalized spacial score (nSPS) is 15.6. The van der Waals surface area contributed by atoms with Crippen LogP contribution in [0.25, 0.3) is 0 Å². The van der Waals surface area contributed by atoms with Gasteiger partial charge in [-0.2, -0.15) is 0 Å². The molecule has 1 saturated heterocycles. The van der Waals surface area contributed by atoms with E-state index < -0.39 is 0 Å². The highest BCUT2D eigenvalue weighted by Gasteiger charge is 2.28. The predicted molar refractivity (Wildman–Crippen MR) is 126 cm³/mol. The third-order valence-electron chi connectivity index (χ3n) is 6.07. The standard InChI is InChI=1S/C26H30N4O3/c1-32-22-14-19(15-23(16-22)33-2)18-30-12-8-21(9-13-30)26(31)29-25(20-6-4-3-5-7-20)24-17-27-10-11-28-24/h3-7,10-11,14-17,21,25H,8-9,12-13,18H2,1-2H3,(H,29,31). The first-order valence-corrected chi connectivity index (χ1v) is 11.2. The molecule has 1 unspecified atom stereocenters. The van der Waals surface area contributed by atoms with Crippen molar-refractivity contribution >= 4 is 5.91 Å². The Labute approximate surface area is 194 Å². The van der Waals surface area contributed by atoms with E-state index in [0.29, 0.717) is 0 Å². The number of hydrogen-bond acceptors (Lipinski definition) is 6. The number of nitrogens with zero attached hydrogens (tertiary/aromatic N) is 3. The molecule has 4 rings (SSSR count). The van der Waals surface area contributed by atoms with Gasteiger partial charge in [0.15, 0.2) is 0 Å². The molecule has 1 atom stereocenters. The van der Waals surface area contributed by atoms with E-state index in [1.807, 2.05) is 48.5 Å². The summed E-state index contributed by atoms with van der Waals surface area (Å²) in [5.41, 5.74) is 2.87. The van der Waals surface area contributed by atoms with Gasteiger partial charge in [-0.1, -0.05) is 30.3 Å². The monoisotopic (exact) mass is 446 g/mol. The summed E-state index contributed by atoms with van der Waals surface area (Å²) in [6.45, 7) is 2.52. The second-order valence-corrected chi connectivity index (χ2v) is 8.25. The molecule has 2 heterocycles. The maximum Gasteiger partial charge on any atom is 0.224 e. The summed E-state index contributed by atoms with van der Waals surface area (Å²) in [5, 5.41) is 3.22. The predicted octanol–water partition coefficient (Wildman–Crippen LogP) is 3.61. The SMILES string of the molecule is COc1cc(CN2CCC(C(=O)NC(c3ccccc3)c3cnccn3)CC2)cc(OC)c1. The Hall–Kier alpha value is -3.45.